The second-order valence-corrected chi connectivity index (χ2v) is 5.31. The number of hydrogen-bond acceptors (Lipinski definition) is 3. The Balaban J connectivity index is 1.98. The van der Waals surface area contributed by atoms with Gasteiger partial charge in [-0.3, -0.25) is 4.79 Å². The molecule has 1 aromatic carbocycles. The minimum atomic E-state index is -0.147. The van der Waals surface area contributed by atoms with Crippen molar-refractivity contribution >= 4 is 17.5 Å². The first-order valence-electron chi connectivity index (χ1n) is 6.44. The van der Waals surface area contributed by atoms with Crippen LogP contribution in [0.2, 0.25) is 5.02 Å². The SMILES string of the molecule is COCC1(CNC(=O)c2ccccc2Cl)CCCN1. The van der Waals surface area contributed by atoms with Crippen molar-refractivity contribution in [1.82, 2.24) is 10.6 Å². The first-order chi connectivity index (χ1) is 9.17. The highest BCUT2D eigenvalue weighted by Crippen LogP contribution is 2.20. The van der Waals surface area contributed by atoms with Gasteiger partial charge in [0.2, 0.25) is 0 Å². The maximum Gasteiger partial charge on any atom is 0.252 e. The van der Waals surface area contributed by atoms with Gasteiger partial charge in [-0.1, -0.05) is 23.7 Å². The van der Waals surface area contributed by atoms with Gasteiger partial charge in [0.25, 0.3) is 5.91 Å². The number of amides is 1. The van der Waals surface area contributed by atoms with Crippen LogP contribution >= 0.6 is 11.6 Å². The van der Waals surface area contributed by atoms with Crippen molar-refractivity contribution in [3.8, 4) is 0 Å². The van der Waals surface area contributed by atoms with Crippen molar-refractivity contribution in [2.75, 3.05) is 26.8 Å². The standard InChI is InChI=1S/C14H19ClN2O2/c1-19-10-14(7-4-8-17-14)9-16-13(18)11-5-2-3-6-12(11)15/h2-3,5-6,17H,4,7-10H2,1H3,(H,16,18). The highest BCUT2D eigenvalue weighted by atomic mass is 35.5. The number of nitrogens with one attached hydrogen (secondary N) is 2. The van der Waals surface area contributed by atoms with Crippen molar-refractivity contribution < 1.29 is 9.53 Å². The topological polar surface area (TPSA) is 50.4 Å². The molecule has 1 atom stereocenters. The molecule has 1 aliphatic rings. The van der Waals surface area contributed by atoms with E-state index < -0.39 is 0 Å². The van der Waals surface area contributed by atoms with E-state index >= 15 is 0 Å². The maximum atomic E-state index is 12.1. The molecule has 0 aliphatic carbocycles. The zero-order chi connectivity index (χ0) is 13.7. The normalized spacial score (nSPS) is 22.4. The zero-order valence-corrected chi connectivity index (χ0v) is 11.8. The number of hydrogen-bond donors (Lipinski definition) is 2. The molecule has 2 rings (SSSR count). The molecule has 1 aliphatic heterocycles. The summed E-state index contributed by atoms with van der Waals surface area (Å²) < 4.78 is 5.25. The predicted molar refractivity (Wildman–Crippen MR) is 75.6 cm³/mol. The Labute approximate surface area is 118 Å². The van der Waals surface area contributed by atoms with E-state index in [2.05, 4.69) is 10.6 Å². The molecular formula is C14H19ClN2O2. The Bertz CT molecular complexity index is 445. The lowest BCUT2D eigenvalue weighted by atomic mass is 9.98. The van der Waals surface area contributed by atoms with E-state index in [0.29, 0.717) is 23.7 Å². The molecule has 0 aromatic heterocycles. The van der Waals surface area contributed by atoms with Crippen LogP contribution in [-0.2, 0) is 4.74 Å². The van der Waals surface area contributed by atoms with Gasteiger partial charge in [-0.05, 0) is 31.5 Å². The van der Waals surface area contributed by atoms with Crippen molar-refractivity contribution in [3.05, 3.63) is 34.9 Å². The maximum absolute atomic E-state index is 12.1. The average molecular weight is 283 g/mol. The molecule has 0 radical (unpaired) electrons. The summed E-state index contributed by atoms with van der Waals surface area (Å²) in [4.78, 5) is 12.1. The Morgan fingerprint density at radius 1 is 1.53 bits per heavy atom. The number of carbonyl (C=O) groups excluding carboxylic acids is 1. The zero-order valence-electron chi connectivity index (χ0n) is 11.0. The highest BCUT2D eigenvalue weighted by molar-refractivity contribution is 6.33. The number of carbonyl (C=O) groups is 1. The van der Waals surface area contributed by atoms with Crippen molar-refractivity contribution in [2.45, 2.75) is 18.4 Å². The Morgan fingerprint density at radius 2 is 2.32 bits per heavy atom. The number of methoxy groups -OCH3 is 1. The molecule has 1 unspecified atom stereocenters. The molecule has 1 fully saturated rings. The third-order valence-corrected chi connectivity index (χ3v) is 3.79. The summed E-state index contributed by atoms with van der Waals surface area (Å²) >= 11 is 6.01. The molecule has 2 N–H and O–H groups in total. The van der Waals surface area contributed by atoms with Crippen LogP contribution in [0.25, 0.3) is 0 Å². The Morgan fingerprint density at radius 3 is 2.95 bits per heavy atom. The second kappa shape index (κ2) is 6.37. The smallest absolute Gasteiger partial charge is 0.252 e. The fourth-order valence-corrected chi connectivity index (χ4v) is 2.68. The molecule has 0 spiro atoms. The molecule has 1 heterocycles. The predicted octanol–water partition coefficient (Wildman–Crippen LogP) is 1.84. The number of rotatable bonds is 5. The van der Waals surface area contributed by atoms with Gasteiger partial charge < -0.3 is 15.4 Å². The summed E-state index contributed by atoms with van der Waals surface area (Å²) in [6.45, 7) is 2.10. The van der Waals surface area contributed by atoms with Gasteiger partial charge in [0, 0.05) is 13.7 Å². The van der Waals surface area contributed by atoms with E-state index in [1.165, 1.54) is 0 Å². The van der Waals surface area contributed by atoms with Gasteiger partial charge in [0.1, 0.15) is 0 Å². The minimum Gasteiger partial charge on any atom is -0.383 e. The van der Waals surface area contributed by atoms with E-state index in [1.807, 2.05) is 6.07 Å². The van der Waals surface area contributed by atoms with E-state index in [1.54, 1.807) is 25.3 Å². The molecule has 104 valence electrons. The number of ether oxygens (including phenoxy) is 1. The van der Waals surface area contributed by atoms with Gasteiger partial charge in [-0.15, -0.1) is 0 Å². The molecular weight excluding hydrogens is 264 g/mol. The summed E-state index contributed by atoms with van der Waals surface area (Å²) in [6, 6.07) is 7.06. The Kier molecular flexibility index (Phi) is 4.80. The molecule has 0 saturated carbocycles. The third-order valence-electron chi connectivity index (χ3n) is 3.46. The number of halogens is 1. The summed E-state index contributed by atoms with van der Waals surface area (Å²) in [7, 11) is 1.68. The van der Waals surface area contributed by atoms with Gasteiger partial charge in [0.15, 0.2) is 0 Å². The summed E-state index contributed by atoms with van der Waals surface area (Å²) in [6.07, 6.45) is 2.11. The lowest BCUT2D eigenvalue weighted by Crippen LogP contribution is -2.53. The van der Waals surface area contributed by atoms with Crippen LogP contribution in [-0.4, -0.2) is 38.3 Å². The van der Waals surface area contributed by atoms with E-state index in [4.69, 9.17) is 16.3 Å². The second-order valence-electron chi connectivity index (χ2n) is 4.91. The van der Waals surface area contributed by atoms with Crippen LogP contribution in [0.15, 0.2) is 24.3 Å². The van der Waals surface area contributed by atoms with Crippen LogP contribution in [0.4, 0.5) is 0 Å². The van der Waals surface area contributed by atoms with E-state index in [0.717, 1.165) is 19.4 Å². The van der Waals surface area contributed by atoms with Crippen LogP contribution in [0, 0.1) is 0 Å². The minimum absolute atomic E-state index is 0.144. The molecule has 19 heavy (non-hydrogen) atoms. The lowest BCUT2D eigenvalue weighted by Gasteiger charge is -2.29. The molecule has 0 bridgehead atoms. The van der Waals surface area contributed by atoms with Gasteiger partial charge in [-0.25, -0.2) is 0 Å². The highest BCUT2D eigenvalue weighted by Gasteiger charge is 2.33. The van der Waals surface area contributed by atoms with Gasteiger partial charge >= 0.3 is 0 Å². The summed E-state index contributed by atoms with van der Waals surface area (Å²) in [5.41, 5.74) is 0.362. The first-order valence-corrected chi connectivity index (χ1v) is 6.81. The van der Waals surface area contributed by atoms with Crippen LogP contribution < -0.4 is 10.6 Å². The number of benzene rings is 1. The monoisotopic (exact) mass is 282 g/mol. The molecule has 1 saturated heterocycles. The van der Waals surface area contributed by atoms with Crippen molar-refractivity contribution in [1.29, 1.82) is 0 Å². The quantitative estimate of drug-likeness (QED) is 0.866. The summed E-state index contributed by atoms with van der Waals surface area (Å²) in [5, 5.41) is 6.83. The van der Waals surface area contributed by atoms with Crippen LogP contribution in [0.1, 0.15) is 23.2 Å². The molecule has 5 heteroatoms. The molecule has 1 amide bonds. The fraction of sp³-hybridized carbons (Fsp3) is 0.500. The molecule has 1 aromatic rings. The van der Waals surface area contributed by atoms with E-state index in [9.17, 15) is 4.79 Å². The van der Waals surface area contributed by atoms with Crippen LogP contribution in [0.5, 0.6) is 0 Å². The van der Waals surface area contributed by atoms with Gasteiger partial charge in [-0.2, -0.15) is 0 Å². The first kappa shape index (κ1) is 14.3. The largest absolute Gasteiger partial charge is 0.383 e. The van der Waals surface area contributed by atoms with Gasteiger partial charge in [0.05, 0.1) is 22.7 Å². The lowest BCUT2D eigenvalue weighted by molar-refractivity contribution is 0.0892. The van der Waals surface area contributed by atoms with E-state index in [-0.39, 0.29) is 11.4 Å². The Hall–Kier alpha value is -1.10. The fourth-order valence-electron chi connectivity index (χ4n) is 2.46. The molecule has 4 nitrogen and oxygen atoms in total. The van der Waals surface area contributed by atoms with Crippen LogP contribution in [0.3, 0.4) is 0 Å². The third kappa shape index (κ3) is 3.47. The summed E-state index contributed by atoms with van der Waals surface area (Å²) in [5.74, 6) is -0.144. The van der Waals surface area contributed by atoms with Crippen molar-refractivity contribution in [2.24, 2.45) is 0 Å². The van der Waals surface area contributed by atoms with Crippen molar-refractivity contribution in [3.63, 3.8) is 0 Å². The average Bonchev–Trinajstić information content (AvgIpc) is 2.86.